The summed E-state index contributed by atoms with van der Waals surface area (Å²) in [5.74, 6) is 0.338. The second-order valence-corrected chi connectivity index (χ2v) is 7.82. The fraction of sp³-hybridized carbons (Fsp3) is 0.733. The van der Waals surface area contributed by atoms with Gasteiger partial charge >= 0.3 is 6.09 Å². The minimum absolute atomic E-state index is 0.0284. The Balaban J connectivity index is 1.71. The maximum absolute atomic E-state index is 12.1. The van der Waals surface area contributed by atoms with E-state index in [2.05, 4.69) is 20.8 Å². The van der Waals surface area contributed by atoms with Crippen LogP contribution in [0.2, 0.25) is 0 Å². The molecule has 7 nitrogen and oxygen atoms in total. The SMILES string of the molecule is CCOC(=O)Nc1nnc(SCC(=O)NC2CCCCCCC2)s1. The Kier molecular flexibility index (Phi) is 8.31. The predicted octanol–water partition coefficient (Wildman–Crippen LogP) is 3.43. The molecule has 1 saturated carbocycles. The molecule has 0 saturated heterocycles. The zero-order valence-corrected chi connectivity index (χ0v) is 15.5. The van der Waals surface area contributed by atoms with Gasteiger partial charge in [0, 0.05) is 6.04 Å². The lowest BCUT2D eigenvalue weighted by atomic mass is 9.97. The lowest BCUT2D eigenvalue weighted by Crippen LogP contribution is -2.36. The first-order chi connectivity index (χ1) is 11.7. The van der Waals surface area contributed by atoms with Gasteiger partial charge in [-0.2, -0.15) is 0 Å². The molecular formula is C15H24N4O3S2. The van der Waals surface area contributed by atoms with Crippen LogP contribution in [0.4, 0.5) is 9.93 Å². The van der Waals surface area contributed by atoms with Crippen molar-refractivity contribution >= 4 is 40.2 Å². The van der Waals surface area contributed by atoms with Crippen molar-refractivity contribution < 1.29 is 14.3 Å². The van der Waals surface area contributed by atoms with Crippen LogP contribution < -0.4 is 10.6 Å². The van der Waals surface area contributed by atoms with Crippen LogP contribution in [-0.2, 0) is 9.53 Å². The van der Waals surface area contributed by atoms with E-state index in [4.69, 9.17) is 4.74 Å². The maximum atomic E-state index is 12.1. The Labute approximate surface area is 150 Å². The molecular weight excluding hydrogens is 348 g/mol. The molecule has 2 N–H and O–H groups in total. The van der Waals surface area contributed by atoms with Gasteiger partial charge in [0.25, 0.3) is 0 Å². The summed E-state index contributed by atoms with van der Waals surface area (Å²) >= 11 is 2.56. The van der Waals surface area contributed by atoms with Crippen LogP contribution in [0, 0.1) is 0 Å². The van der Waals surface area contributed by atoms with Crippen LogP contribution in [0.3, 0.4) is 0 Å². The fourth-order valence-electron chi connectivity index (χ4n) is 2.57. The van der Waals surface area contributed by atoms with E-state index < -0.39 is 6.09 Å². The van der Waals surface area contributed by atoms with Crippen molar-refractivity contribution in [3.8, 4) is 0 Å². The van der Waals surface area contributed by atoms with Crippen LogP contribution in [0.5, 0.6) is 0 Å². The molecule has 1 aromatic heterocycles. The summed E-state index contributed by atoms with van der Waals surface area (Å²) in [7, 11) is 0. The third-order valence-electron chi connectivity index (χ3n) is 3.69. The summed E-state index contributed by atoms with van der Waals surface area (Å²) in [5.41, 5.74) is 0. The van der Waals surface area contributed by atoms with Gasteiger partial charge in [-0.25, -0.2) is 4.79 Å². The van der Waals surface area contributed by atoms with E-state index in [-0.39, 0.29) is 5.91 Å². The molecule has 24 heavy (non-hydrogen) atoms. The van der Waals surface area contributed by atoms with Crippen molar-refractivity contribution in [2.45, 2.75) is 62.3 Å². The van der Waals surface area contributed by atoms with E-state index in [1.165, 1.54) is 55.2 Å². The zero-order valence-electron chi connectivity index (χ0n) is 13.9. The van der Waals surface area contributed by atoms with Gasteiger partial charge in [-0.1, -0.05) is 55.2 Å². The molecule has 1 heterocycles. The van der Waals surface area contributed by atoms with Crippen LogP contribution >= 0.6 is 23.1 Å². The standard InChI is InChI=1S/C15H24N4O3S2/c1-2-22-14(21)17-13-18-19-15(24-13)23-10-12(20)16-11-8-6-4-3-5-7-9-11/h11H,2-10H2,1H3,(H,16,20)(H,17,18,21). The topological polar surface area (TPSA) is 93.2 Å². The summed E-state index contributed by atoms with van der Waals surface area (Å²) in [4.78, 5) is 23.4. The number of anilines is 1. The molecule has 0 aromatic carbocycles. The average Bonchev–Trinajstić information content (AvgIpc) is 2.95. The van der Waals surface area contributed by atoms with Gasteiger partial charge in [-0.05, 0) is 19.8 Å². The Bertz CT molecular complexity index is 531. The Morgan fingerprint density at radius 3 is 2.62 bits per heavy atom. The highest BCUT2D eigenvalue weighted by Gasteiger charge is 2.15. The fourth-order valence-corrected chi connectivity index (χ4v) is 4.12. The van der Waals surface area contributed by atoms with Gasteiger partial charge in [0.1, 0.15) is 0 Å². The van der Waals surface area contributed by atoms with Crippen molar-refractivity contribution in [3.05, 3.63) is 0 Å². The highest BCUT2D eigenvalue weighted by molar-refractivity contribution is 8.01. The number of hydrogen-bond donors (Lipinski definition) is 2. The molecule has 1 aliphatic carbocycles. The van der Waals surface area contributed by atoms with Gasteiger partial charge in [0.2, 0.25) is 11.0 Å². The molecule has 1 aliphatic rings. The molecule has 0 bridgehead atoms. The van der Waals surface area contributed by atoms with Gasteiger partial charge in [0.15, 0.2) is 4.34 Å². The number of carbonyl (C=O) groups excluding carboxylic acids is 2. The normalized spacial score (nSPS) is 16.0. The number of nitrogens with one attached hydrogen (secondary N) is 2. The number of amides is 2. The first-order valence-corrected chi connectivity index (χ1v) is 10.2. The highest BCUT2D eigenvalue weighted by Crippen LogP contribution is 2.25. The molecule has 2 rings (SSSR count). The van der Waals surface area contributed by atoms with Crippen LogP contribution in [-0.4, -0.2) is 40.6 Å². The number of ether oxygens (including phenoxy) is 1. The number of carbonyl (C=O) groups is 2. The third kappa shape index (κ3) is 7.04. The average molecular weight is 373 g/mol. The number of thioether (sulfide) groups is 1. The molecule has 0 aliphatic heterocycles. The summed E-state index contributed by atoms with van der Waals surface area (Å²) in [5, 5.41) is 13.8. The molecule has 0 unspecified atom stereocenters. The minimum Gasteiger partial charge on any atom is -0.450 e. The van der Waals surface area contributed by atoms with Crippen molar-refractivity contribution in [2.75, 3.05) is 17.7 Å². The van der Waals surface area contributed by atoms with E-state index >= 15 is 0 Å². The largest absolute Gasteiger partial charge is 0.450 e. The van der Waals surface area contributed by atoms with Crippen LogP contribution in [0.15, 0.2) is 4.34 Å². The van der Waals surface area contributed by atoms with Crippen LogP contribution in [0.25, 0.3) is 0 Å². The van der Waals surface area contributed by atoms with Crippen molar-refractivity contribution in [1.82, 2.24) is 15.5 Å². The lowest BCUT2D eigenvalue weighted by molar-refractivity contribution is -0.119. The number of rotatable bonds is 6. The van der Waals surface area contributed by atoms with Gasteiger partial charge < -0.3 is 10.1 Å². The Morgan fingerprint density at radius 2 is 1.92 bits per heavy atom. The van der Waals surface area contributed by atoms with Crippen molar-refractivity contribution in [1.29, 1.82) is 0 Å². The third-order valence-corrected chi connectivity index (χ3v) is 5.66. The zero-order chi connectivity index (χ0) is 17.2. The molecule has 0 radical (unpaired) electrons. The maximum Gasteiger partial charge on any atom is 0.413 e. The quantitative estimate of drug-likeness (QED) is 0.587. The van der Waals surface area contributed by atoms with E-state index in [9.17, 15) is 9.59 Å². The smallest absolute Gasteiger partial charge is 0.413 e. The van der Waals surface area contributed by atoms with Crippen molar-refractivity contribution in [3.63, 3.8) is 0 Å². The van der Waals surface area contributed by atoms with E-state index in [0.29, 0.717) is 27.9 Å². The summed E-state index contributed by atoms with van der Waals surface area (Å²) in [6.45, 7) is 2.03. The summed E-state index contributed by atoms with van der Waals surface area (Å²) < 4.78 is 5.42. The van der Waals surface area contributed by atoms with Crippen molar-refractivity contribution in [2.24, 2.45) is 0 Å². The molecule has 1 aromatic rings. The van der Waals surface area contributed by atoms with E-state index in [1.54, 1.807) is 6.92 Å². The van der Waals surface area contributed by atoms with Gasteiger partial charge in [-0.15, -0.1) is 10.2 Å². The summed E-state index contributed by atoms with van der Waals surface area (Å²) in [6, 6.07) is 0.300. The van der Waals surface area contributed by atoms with Gasteiger partial charge in [-0.3, -0.25) is 10.1 Å². The first kappa shape index (κ1) is 19.0. The van der Waals surface area contributed by atoms with E-state index in [1.807, 2.05) is 0 Å². The molecule has 1 fully saturated rings. The van der Waals surface area contributed by atoms with Crippen LogP contribution in [0.1, 0.15) is 51.9 Å². The molecule has 2 amide bonds. The molecule has 134 valence electrons. The van der Waals surface area contributed by atoms with Gasteiger partial charge in [0.05, 0.1) is 12.4 Å². The molecule has 0 atom stereocenters. The minimum atomic E-state index is -0.549. The highest BCUT2D eigenvalue weighted by atomic mass is 32.2. The number of nitrogens with zero attached hydrogens (tertiary/aromatic N) is 2. The Morgan fingerprint density at radius 1 is 1.21 bits per heavy atom. The monoisotopic (exact) mass is 372 g/mol. The van der Waals surface area contributed by atoms with E-state index in [0.717, 1.165) is 12.8 Å². The second-order valence-electron chi connectivity index (χ2n) is 5.62. The number of aromatic nitrogens is 2. The Hall–Kier alpha value is -1.35. The number of hydrogen-bond acceptors (Lipinski definition) is 7. The first-order valence-electron chi connectivity index (χ1n) is 8.37. The molecule has 0 spiro atoms. The lowest BCUT2D eigenvalue weighted by Gasteiger charge is -2.20. The molecule has 9 heteroatoms. The summed E-state index contributed by atoms with van der Waals surface area (Å²) in [6.07, 6.45) is 7.83. The second kappa shape index (κ2) is 10.5. The predicted molar refractivity (Wildman–Crippen MR) is 95.5 cm³/mol.